The number of carbonyl (C=O) groups excluding carboxylic acids is 1. The minimum absolute atomic E-state index is 0.141. The minimum atomic E-state index is -0.985. The average Bonchev–Trinajstić information content (AvgIpc) is 1.99. The Morgan fingerprint density at radius 2 is 2.36 bits per heavy atom. The van der Waals surface area contributed by atoms with Crippen molar-refractivity contribution in [2.24, 2.45) is 0 Å². The molecule has 4 heteroatoms. The fourth-order valence-corrected chi connectivity index (χ4v) is 1.05. The summed E-state index contributed by atoms with van der Waals surface area (Å²) in [5, 5.41) is 9.13. The molecule has 0 unspecified atom stereocenters. The minimum Gasteiger partial charge on any atom is -0.383 e. The number of rotatable bonds is 1. The quantitative estimate of drug-likeness (QED) is 0.572. The first-order valence-corrected chi connectivity index (χ1v) is 3.54. The number of hydrogen-bond donors (Lipinski definition) is 1. The molecule has 4 nitrogen and oxygen atoms in total. The van der Waals surface area contributed by atoms with E-state index in [0.717, 1.165) is 0 Å². The summed E-state index contributed by atoms with van der Waals surface area (Å²) in [6.45, 7) is 1.65. The fourth-order valence-electron chi connectivity index (χ4n) is 1.05. The summed E-state index contributed by atoms with van der Waals surface area (Å²) < 4.78 is 9.95. The standard InChI is InChI=1S/C7H12O4/c1-4-7(9)5(8)3-6(10-2)11-4/h4,6-7,9H,3H2,1-2H3/t4-,6+,7-/m0/s1. The van der Waals surface area contributed by atoms with Crippen LogP contribution >= 0.6 is 0 Å². The van der Waals surface area contributed by atoms with Crippen molar-refractivity contribution in [1.82, 2.24) is 0 Å². The Kier molecular flexibility index (Phi) is 2.59. The van der Waals surface area contributed by atoms with Gasteiger partial charge in [-0.1, -0.05) is 0 Å². The third kappa shape index (κ3) is 1.77. The van der Waals surface area contributed by atoms with E-state index in [1.54, 1.807) is 6.92 Å². The molecule has 0 aliphatic carbocycles. The fraction of sp³-hybridized carbons (Fsp3) is 0.857. The van der Waals surface area contributed by atoms with Gasteiger partial charge in [-0.3, -0.25) is 4.79 Å². The molecule has 1 N–H and O–H groups in total. The van der Waals surface area contributed by atoms with Crippen molar-refractivity contribution >= 4 is 5.78 Å². The van der Waals surface area contributed by atoms with Crippen LogP contribution in [0.2, 0.25) is 0 Å². The van der Waals surface area contributed by atoms with Crippen LogP contribution in [-0.2, 0) is 14.3 Å². The first-order chi connectivity index (χ1) is 5.15. The predicted octanol–water partition coefficient (Wildman–Crippen LogP) is -0.302. The zero-order valence-corrected chi connectivity index (χ0v) is 6.61. The predicted molar refractivity (Wildman–Crippen MR) is 37.0 cm³/mol. The maximum Gasteiger partial charge on any atom is 0.168 e. The van der Waals surface area contributed by atoms with Gasteiger partial charge in [0.05, 0.1) is 12.5 Å². The normalized spacial score (nSPS) is 39.2. The van der Waals surface area contributed by atoms with E-state index in [2.05, 4.69) is 0 Å². The number of ether oxygens (including phenoxy) is 2. The molecule has 64 valence electrons. The monoisotopic (exact) mass is 160 g/mol. The first-order valence-electron chi connectivity index (χ1n) is 3.54. The lowest BCUT2D eigenvalue weighted by Crippen LogP contribution is -2.44. The topological polar surface area (TPSA) is 55.8 Å². The van der Waals surface area contributed by atoms with E-state index in [9.17, 15) is 4.79 Å². The maximum atomic E-state index is 11.0. The van der Waals surface area contributed by atoms with E-state index < -0.39 is 18.5 Å². The van der Waals surface area contributed by atoms with Crippen LogP contribution in [0.3, 0.4) is 0 Å². The van der Waals surface area contributed by atoms with Crippen LogP contribution < -0.4 is 0 Å². The maximum absolute atomic E-state index is 11.0. The third-order valence-electron chi connectivity index (χ3n) is 1.77. The van der Waals surface area contributed by atoms with Gasteiger partial charge in [-0.2, -0.15) is 0 Å². The Labute approximate surface area is 65.1 Å². The molecule has 11 heavy (non-hydrogen) atoms. The molecular formula is C7H12O4. The highest BCUT2D eigenvalue weighted by atomic mass is 16.7. The van der Waals surface area contributed by atoms with E-state index in [1.165, 1.54) is 7.11 Å². The van der Waals surface area contributed by atoms with Crippen LogP contribution in [0, 0.1) is 0 Å². The Hall–Kier alpha value is -0.450. The SMILES string of the molecule is CO[C@H]1CC(=O)[C@@H](O)[C@H](C)O1. The van der Waals surface area contributed by atoms with Crippen molar-refractivity contribution in [2.75, 3.05) is 7.11 Å². The first kappa shape index (κ1) is 8.64. The van der Waals surface area contributed by atoms with Gasteiger partial charge in [0.25, 0.3) is 0 Å². The molecule has 0 radical (unpaired) electrons. The van der Waals surface area contributed by atoms with E-state index in [-0.39, 0.29) is 12.2 Å². The van der Waals surface area contributed by atoms with Gasteiger partial charge in [-0.05, 0) is 6.92 Å². The van der Waals surface area contributed by atoms with E-state index in [4.69, 9.17) is 14.6 Å². The Morgan fingerprint density at radius 1 is 1.73 bits per heavy atom. The van der Waals surface area contributed by atoms with Gasteiger partial charge in [0, 0.05) is 7.11 Å². The zero-order chi connectivity index (χ0) is 8.43. The van der Waals surface area contributed by atoms with Gasteiger partial charge in [0.2, 0.25) is 0 Å². The highest BCUT2D eigenvalue weighted by Gasteiger charge is 2.33. The summed E-state index contributed by atoms with van der Waals surface area (Å²) in [4.78, 5) is 11.0. The smallest absolute Gasteiger partial charge is 0.168 e. The summed E-state index contributed by atoms with van der Waals surface area (Å²) >= 11 is 0. The average molecular weight is 160 g/mol. The summed E-state index contributed by atoms with van der Waals surface area (Å²) in [5.74, 6) is -0.212. The molecule has 1 heterocycles. The van der Waals surface area contributed by atoms with Crippen LogP contribution in [0.15, 0.2) is 0 Å². The van der Waals surface area contributed by atoms with E-state index in [0.29, 0.717) is 0 Å². The molecule has 3 atom stereocenters. The zero-order valence-electron chi connectivity index (χ0n) is 6.61. The number of hydrogen-bond acceptors (Lipinski definition) is 4. The van der Waals surface area contributed by atoms with Gasteiger partial charge < -0.3 is 14.6 Å². The summed E-state index contributed by atoms with van der Waals surface area (Å²) in [6.07, 6.45) is -1.79. The van der Waals surface area contributed by atoms with Crippen LogP contribution in [0.5, 0.6) is 0 Å². The number of aliphatic hydroxyl groups is 1. The van der Waals surface area contributed by atoms with Crippen molar-refractivity contribution in [2.45, 2.75) is 31.8 Å². The molecule has 1 aliphatic heterocycles. The van der Waals surface area contributed by atoms with E-state index >= 15 is 0 Å². The number of carbonyl (C=O) groups is 1. The number of methoxy groups -OCH3 is 1. The van der Waals surface area contributed by atoms with Crippen molar-refractivity contribution in [3.05, 3.63) is 0 Å². The number of aliphatic hydroxyl groups excluding tert-OH is 1. The van der Waals surface area contributed by atoms with Crippen LogP contribution in [-0.4, -0.2) is 36.5 Å². The highest BCUT2D eigenvalue weighted by Crippen LogP contribution is 2.16. The summed E-state index contributed by atoms with van der Waals surface area (Å²) in [5.41, 5.74) is 0. The van der Waals surface area contributed by atoms with Crippen LogP contribution in [0.4, 0.5) is 0 Å². The lowest BCUT2D eigenvalue weighted by atomic mass is 10.0. The molecule has 0 aromatic rings. The van der Waals surface area contributed by atoms with Gasteiger partial charge in [0.1, 0.15) is 6.10 Å². The van der Waals surface area contributed by atoms with Crippen LogP contribution in [0.25, 0.3) is 0 Å². The van der Waals surface area contributed by atoms with Crippen molar-refractivity contribution in [3.63, 3.8) is 0 Å². The molecule has 1 aliphatic rings. The van der Waals surface area contributed by atoms with Crippen molar-refractivity contribution < 1.29 is 19.4 Å². The molecule has 0 spiro atoms. The lowest BCUT2D eigenvalue weighted by Gasteiger charge is -2.29. The molecule has 0 bridgehead atoms. The molecule has 1 rings (SSSR count). The van der Waals surface area contributed by atoms with Gasteiger partial charge in [-0.25, -0.2) is 0 Å². The second kappa shape index (κ2) is 3.30. The lowest BCUT2D eigenvalue weighted by molar-refractivity contribution is -0.204. The Morgan fingerprint density at radius 3 is 2.82 bits per heavy atom. The molecule has 0 amide bonds. The van der Waals surface area contributed by atoms with Crippen LogP contribution in [0.1, 0.15) is 13.3 Å². The molecule has 0 aromatic heterocycles. The molecular weight excluding hydrogens is 148 g/mol. The molecule has 0 saturated carbocycles. The highest BCUT2D eigenvalue weighted by molar-refractivity contribution is 5.84. The number of Topliss-reactive ketones (excluding diaryl/α,β-unsaturated/α-hetero) is 1. The van der Waals surface area contributed by atoms with Crippen molar-refractivity contribution in [3.8, 4) is 0 Å². The van der Waals surface area contributed by atoms with Gasteiger partial charge in [-0.15, -0.1) is 0 Å². The molecule has 0 aromatic carbocycles. The second-order valence-electron chi connectivity index (χ2n) is 2.62. The van der Waals surface area contributed by atoms with Crippen molar-refractivity contribution in [1.29, 1.82) is 0 Å². The summed E-state index contributed by atoms with van der Waals surface area (Å²) in [7, 11) is 1.47. The second-order valence-corrected chi connectivity index (χ2v) is 2.62. The van der Waals surface area contributed by atoms with Gasteiger partial charge >= 0.3 is 0 Å². The van der Waals surface area contributed by atoms with Gasteiger partial charge in [0.15, 0.2) is 12.1 Å². The third-order valence-corrected chi connectivity index (χ3v) is 1.77. The molecule has 1 fully saturated rings. The number of ketones is 1. The summed E-state index contributed by atoms with van der Waals surface area (Å²) in [6, 6.07) is 0. The Balaban J connectivity index is 2.54. The van der Waals surface area contributed by atoms with E-state index in [1.807, 2.05) is 0 Å². The Bertz CT molecular complexity index is 157. The molecule has 1 saturated heterocycles. The largest absolute Gasteiger partial charge is 0.383 e.